The molecule has 1 fully saturated rings. The predicted octanol–water partition coefficient (Wildman–Crippen LogP) is 2.66. The molecule has 0 amide bonds. The highest BCUT2D eigenvalue weighted by Gasteiger charge is 2.40. The summed E-state index contributed by atoms with van der Waals surface area (Å²) in [6.07, 6.45) is 3.72. The number of carbonyl (C=O) groups is 1. The first kappa shape index (κ1) is 12.7. The van der Waals surface area contributed by atoms with Gasteiger partial charge in [0.1, 0.15) is 0 Å². The average Bonchev–Trinajstić information content (AvgIpc) is 3.17. The first-order chi connectivity index (χ1) is 8.60. The molecular formula is C14H20N2O2. The summed E-state index contributed by atoms with van der Waals surface area (Å²) in [4.78, 5) is 11.5. The third-order valence-electron chi connectivity index (χ3n) is 3.84. The number of ether oxygens (including phenoxy) is 1. The lowest BCUT2D eigenvalue weighted by Crippen LogP contribution is -2.15. The summed E-state index contributed by atoms with van der Waals surface area (Å²) in [5.74, 6) is -0.338. The Morgan fingerprint density at radius 2 is 2.22 bits per heavy atom. The lowest BCUT2D eigenvalue weighted by atomic mass is 10.0. The molecule has 3 N–H and O–H groups in total. The van der Waals surface area contributed by atoms with Gasteiger partial charge in [0.15, 0.2) is 0 Å². The SMILES string of the molecule is CCC1(CNc2cc(C(=O)OC)ccc2N)CC1. The Morgan fingerprint density at radius 1 is 1.50 bits per heavy atom. The monoisotopic (exact) mass is 248 g/mol. The summed E-state index contributed by atoms with van der Waals surface area (Å²) in [5, 5.41) is 3.35. The standard InChI is InChI=1S/C14H20N2O2/c1-3-14(6-7-14)9-16-12-8-10(13(17)18-2)4-5-11(12)15/h4-5,8,16H,3,6-7,9,15H2,1-2H3. The molecule has 0 unspecified atom stereocenters. The van der Waals surface area contributed by atoms with Crippen LogP contribution in [0.15, 0.2) is 18.2 Å². The van der Waals surface area contributed by atoms with E-state index < -0.39 is 0 Å². The number of nitrogen functional groups attached to an aromatic ring is 1. The van der Waals surface area contributed by atoms with Crippen LogP contribution in [0.5, 0.6) is 0 Å². The summed E-state index contributed by atoms with van der Waals surface area (Å²) in [6.45, 7) is 3.13. The number of methoxy groups -OCH3 is 1. The minimum atomic E-state index is -0.338. The molecule has 0 heterocycles. The number of rotatable bonds is 5. The second-order valence-corrected chi connectivity index (χ2v) is 5.00. The lowest BCUT2D eigenvalue weighted by molar-refractivity contribution is 0.0601. The molecule has 18 heavy (non-hydrogen) atoms. The van der Waals surface area contributed by atoms with Crippen molar-refractivity contribution in [2.45, 2.75) is 26.2 Å². The molecule has 0 bridgehead atoms. The van der Waals surface area contributed by atoms with Gasteiger partial charge in [-0.3, -0.25) is 0 Å². The van der Waals surface area contributed by atoms with Crippen molar-refractivity contribution in [1.82, 2.24) is 0 Å². The number of hydrogen-bond donors (Lipinski definition) is 2. The van der Waals surface area contributed by atoms with Crippen molar-refractivity contribution < 1.29 is 9.53 Å². The molecule has 1 aromatic rings. The third-order valence-corrected chi connectivity index (χ3v) is 3.84. The number of anilines is 2. The maximum Gasteiger partial charge on any atom is 0.337 e. The first-order valence-corrected chi connectivity index (χ1v) is 6.32. The zero-order valence-electron chi connectivity index (χ0n) is 11.0. The van der Waals surface area contributed by atoms with E-state index in [0.717, 1.165) is 12.2 Å². The van der Waals surface area contributed by atoms with Crippen LogP contribution in [-0.4, -0.2) is 19.6 Å². The molecule has 4 nitrogen and oxygen atoms in total. The van der Waals surface area contributed by atoms with E-state index in [4.69, 9.17) is 10.5 Å². The second kappa shape index (κ2) is 4.88. The molecule has 0 spiro atoms. The fourth-order valence-corrected chi connectivity index (χ4v) is 2.07. The van der Waals surface area contributed by atoms with E-state index in [9.17, 15) is 4.79 Å². The molecule has 1 aromatic carbocycles. The topological polar surface area (TPSA) is 64.3 Å². The summed E-state index contributed by atoms with van der Waals surface area (Å²) in [6, 6.07) is 5.17. The van der Waals surface area contributed by atoms with Crippen LogP contribution in [0.2, 0.25) is 0 Å². The quantitative estimate of drug-likeness (QED) is 0.621. The molecule has 0 aromatic heterocycles. The number of benzene rings is 1. The summed E-state index contributed by atoms with van der Waals surface area (Å²) < 4.78 is 4.70. The van der Waals surface area contributed by atoms with Crippen molar-refractivity contribution in [3.05, 3.63) is 23.8 Å². The van der Waals surface area contributed by atoms with Gasteiger partial charge in [0.2, 0.25) is 0 Å². The van der Waals surface area contributed by atoms with E-state index >= 15 is 0 Å². The highest BCUT2D eigenvalue weighted by Crippen LogP contribution is 2.48. The third kappa shape index (κ3) is 2.58. The molecule has 0 atom stereocenters. The van der Waals surface area contributed by atoms with Crippen LogP contribution in [0.25, 0.3) is 0 Å². The maximum absolute atomic E-state index is 11.5. The molecule has 1 aliphatic rings. The smallest absolute Gasteiger partial charge is 0.337 e. The second-order valence-electron chi connectivity index (χ2n) is 5.00. The van der Waals surface area contributed by atoms with Gasteiger partial charge in [-0.15, -0.1) is 0 Å². The van der Waals surface area contributed by atoms with Crippen LogP contribution in [-0.2, 0) is 4.74 Å². The zero-order chi connectivity index (χ0) is 13.2. The Bertz CT molecular complexity index is 453. The van der Waals surface area contributed by atoms with Gasteiger partial charge < -0.3 is 15.8 Å². The fourth-order valence-electron chi connectivity index (χ4n) is 2.07. The molecule has 98 valence electrons. The Labute approximate surface area is 108 Å². The molecule has 1 aliphatic carbocycles. The van der Waals surface area contributed by atoms with Gasteiger partial charge in [-0.2, -0.15) is 0 Å². The van der Waals surface area contributed by atoms with Crippen molar-refractivity contribution >= 4 is 17.3 Å². The average molecular weight is 248 g/mol. The van der Waals surface area contributed by atoms with Crippen LogP contribution in [0, 0.1) is 5.41 Å². The largest absolute Gasteiger partial charge is 0.465 e. The van der Waals surface area contributed by atoms with Crippen LogP contribution < -0.4 is 11.1 Å². The van der Waals surface area contributed by atoms with Crippen LogP contribution in [0.1, 0.15) is 36.5 Å². The van der Waals surface area contributed by atoms with Gasteiger partial charge in [-0.1, -0.05) is 6.92 Å². The zero-order valence-corrected chi connectivity index (χ0v) is 11.0. The van der Waals surface area contributed by atoms with Crippen molar-refractivity contribution in [1.29, 1.82) is 0 Å². The van der Waals surface area contributed by atoms with Crippen molar-refractivity contribution in [2.24, 2.45) is 5.41 Å². The van der Waals surface area contributed by atoms with E-state index in [1.165, 1.54) is 26.4 Å². The van der Waals surface area contributed by atoms with Crippen molar-refractivity contribution in [3.63, 3.8) is 0 Å². The van der Waals surface area contributed by atoms with Crippen LogP contribution in [0.4, 0.5) is 11.4 Å². The van der Waals surface area contributed by atoms with Gasteiger partial charge in [-0.25, -0.2) is 4.79 Å². The molecule has 4 heteroatoms. The summed E-state index contributed by atoms with van der Waals surface area (Å²) in [7, 11) is 1.38. The van der Waals surface area contributed by atoms with E-state index in [0.29, 0.717) is 16.7 Å². The molecule has 1 saturated carbocycles. The van der Waals surface area contributed by atoms with E-state index in [-0.39, 0.29) is 5.97 Å². The van der Waals surface area contributed by atoms with Gasteiger partial charge in [0, 0.05) is 6.54 Å². The number of carbonyl (C=O) groups excluding carboxylic acids is 1. The van der Waals surface area contributed by atoms with Gasteiger partial charge >= 0.3 is 5.97 Å². The minimum absolute atomic E-state index is 0.338. The van der Waals surface area contributed by atoms with Crippen LogP contribution in [0.3, 0.4) is 0 Å². The molecule has 0 aliphatic heterocycles. The van der Waals surface area contributed by atoms with Gasteiger partial charge in [0.25, 0.3) is 0 Å². The fraction of sp³-hybridized carbons (Fsp3) is 0.500. The number of nitrogens with one attached hydrogen (secondary N) is 1. The first-order valence-electron chi connectivity index (χ1n) is 6.32. The summed E-state index contributed by atoms with van der Waals surface area (Å²) in [5.41, 5.74) is 8.35. The maximum atomic E-state index is 11.5. The van der Waals surface area contributed by atoms with Crippen molar-refractivity contribution in [2.75, 3.05) is 24.7 Å². The Balaban J connectivity index is 2.09. The molecule has 0 saturated heterocycles. The number of hydrogen-bond acceptors (Lipinski definition) is 4. The number of nitrogens with two attached hydrogens (primary N) is 1. The van der Waals surface area contributed by atoms with E-state index in [1.54, 1.807) is 18.2 Å². The summed E-state index contributed by atoms with van der Waals surface area (Å²) >= 11 is 0. The Kier molecular flexibility index (Phi) is 3.45. The normalized spacial score (nSPS) is 16.1. The Morgan fingerprint density at radius 3 is 2.78 bits per heavy atom. The Hall–Kier alpha value is -1.71. The lowest BCUT2D eigenvalue weighted by Gasteiger charge is -2.16. The van der Waals surface area contributed by atoms with E-state index in [2.05, 4.69) is 12.2 Å². The minimum Gasteiger partial charge on any atom is -0.465 e. The van der Waals surface area contributed by atoms with Gasteiger partial charge in [-0.05, 0) is 42.9 Å². The molecular weight excluding hydrogens is 228 g/mol. The number of esters is 1. The molecule has 0 radical (unpaired) electrons. The van der Waals surface area contributed by atoms with Crippen LogP contribution >= 0.6 is 0 Å². The van der Waals surface area contributed by atoms with E-state index in [1.807, 2.05) is 0 Å². The highest BCUT2D eigenvalue weighted by molar-refractivity contribution is 5.91. The molecule has 2 rings (SSSR count). The van der Waals surface area contributed by atoms with Crippen molar-refractivity contribution in [3.8, 4) is 0 Å². The highest BCUT2D eigenvalue weighted by atomic mass is 16.5. The predicted molar refractivity (Wildman–Crippen MR) is 72.6 cm³/mol. The van der Waals surface area contributed by atoms with Gasteiger partial charge in [0.05, 0.1) is 24.0 Å².